The van der Waals surface area contributed by atoms with Crippen LogP contribution in [-0.4, -0.2) is 135 Å². The average Bonchev–Trinajstić information content (AvgIpc) is 0.882. The van der Waals surface area contributed by atoms with Crippen molar-refractivity contribution in [2.75, 3.05) is 104 Å². The quantitative estimate of drug-likeness (QED) is 0.0176. The van der Waals surface area contributed by atoms with Gasteiger partial charge in [0.15, 0.2) is 6.10 Å². The summed E-state index contributed by atoms with van der Waals surface area (Å²) in [7, 11) is -2.91. The van der Waals surface area contributed by atoms with Gasteiger partial charge in [0.1, 0.15) is 37.9 Å². The summed E-state index contributed by atoms with van der Waals surface area (Å²) in [5.74, 6) is -0.544. The van der Waals surface area contributed by atoms with E-state index >= 15 is 0 Å². The van der Waals surface area contributed by atoms with Crippen LogP contribution >= 0.6 is 7.82 Å². The van der Waals surface area contributed by atoms with Gasteiger partial charge in [-0.2, -0.15) is 0 Å². The summed E-state index contributed by atoms with van der Waals surface area (Å²) < 4.78 is 61.4. The molecule has 0 saturated heterocycles. The van der Waals surface area contributed by atoms with E-state index in [9.17, 15) is 28.6 Å². The van der Waals surface area contributed by atoms with Gasteiger partial charge in [-0.05, 0) is 66.3 Å². The number of fused-ring (bicyclic) bond motifs is 1. The molecule has 0 bridgehead atoms. The molecule has 2 amide bonds. The van der Waals surface area contributed by atoms with Crippen molar-refractivity contribution < 1.29 is 100 Å². The topological polar surface area (TPSA) is 231 Å². The van der Waals surface area contributed by atoms with E-state index < -0.39 is 45.2 Å². The van der Waals surface area contributed by atoms with Gasteiger partial charge in [0.05, 0.1) is 52.0 Å². The second-order valence-corrected chi connectivity index (χ2v) is 26.2. The SMILES string of the molecule is CCCCCCCCCCCCCCCCCC(=O)OCC(COP(=O)([O-])OCCNC(=O)OCCOCC(=O)NCCOCCOCCN(C)c1cccc(-c2ccc(C3=Nc4cc(C)ccc4OC3)cc2)c1)OC(=O)CCCCCCCCCCCCCCCCC.[Na+]. The van der Waals surface area contributed by atoms with Crippen LogP contribution in [0, 0.1) is 6.92 Å². The number of anilines is 1. The first-order chi connectivity index (χ1) is 45.8. The summed E-state index contributed by atoms with van der Waals surface area (Å²) in [5, 5.41) is 5.07. The number of likely N-dealkylation sites (N-methyl/N-ethyl adjacent to an activating group) is 1. The molecule has 1 heterocycles. The van der Waals surface area contributed by atoms with Crippen LogP contribution in [0.5, 0.6) is 5.75 Å². The molecule has 530 valence electrons. The molecule has 0 radical (unpaired) electrons. The number of phosphoric ester groups is 1. The van der Waals surface area contributed by atoms with Crippen LogP contribution in [0.1, 0.15) is 230 Å². The summed E-state index contributed by atoms with van der Waals surface area (Å²) >= 11 is 0. The molecule has 95 heavy (non-hydrogen) atoms. The number of aryl methyl sites for hydroxylation is 1. The molecule has 4 rings (SSSR count). The van der Waals surface area contributed by atoms with Gasteiger partial charge in [-0.25, -0.2) is 9.79 Å². The summed E-state index contributed by atoms with van der Waals surface area (Å²) in [5.41, 5.74) is 7.21. The molecule has 2 N–H and O–H groups in total. The fourth-order valence-electron chi connectivity index (χ4n) is 10.9. The molecule has 3 aromatic rings. The zero-order valence-corrected chi connectivity index (χ0v) is 61.8. The Labute approximate surface area is 592 Å². The van der Waals surface area contributed by atoms with Crippen molar-refractivity contribution in [1.82, 2.24) is 10.6 Å². The molecule has 0 fully saturated rings. The van der Waals surface area contributed by atoms with Gasteiger partial charge in [0.25, 0.3) is 7.82 Å². The number of rotatable bonds is 59. The minimum absolute atomic E-state index is 0. The van der Waals surface area contributed by atoms with Gasteiger partial charge in [-0.3, -0.25) is 18.9 Å². The van der Waals surface area contributed by atoms with Gasteiger partial charge in [-0.15, -0.1) is 0 Å². The Morgan fingerprint density at radius 2 is 1.08 bits per heavy atom. The van der Waals surface area contributed by atoms with E-state index in [0.717, 1.165) is 83.6 Å². The monoisotopic (exact) mass is 1360 g/mol. The van der Waals surface area contributed by atoms with Crippen molar-refractivity contribution >= 4 is 48.8 Å². The van der Waals surface area contributed by atoms with Crippen LogP contribution < -0.4 is 54.7 Å². The number of phosphoric acid groups is 1. The second kappa shape index (κ2) is 55.5. The third-order valence-electron chi connectivity index (χ3n) is 16.5. The van der Waals surface area contributed by atoms with E-state index in [4.69, 9.17) is 47.2 Å². The van der Waals surface area contributed by atoms with E-state index in [0.29, 0.717) is 45.8 Å². The number of carbonyl (C=O) groups is 4. The molecular formula is C74H118N4NaO15P. The van der Waals surface area contributed by atoms with E-state index in [1.165, 1.54) is 141 Å². The second-order valence-electron chi connectivity index (χ2n) is 24.8. The minimum atomic E-state index is -4.94. The maximum atomic E-state index is 12.9. The van der Waals surface area contributed by atoms with Gasteiger partial charge < -0.3 is 62.6 Å². The standard InChI is InChI=1S/C74H119N4O15P.Na/c1-5-7-9-11-13-15-17-19-21-23-25-27-29-31-33-38-72(80)90-58-67(93-73(81)39-34-32-30-28-26-24-22-20-18-16-14-12-10-8-6-2)59-92-94(83,84)91-50-47-76-74(82)88-55-54-87-61-71(79)75-46-49-85-52-53-86-51-48-78(4)66-37-35-36-65(57-66)63-41-43-64(44-42-63)69-60-89-70-45-40-62(3)56-68(70)77-69;/h35-37,40-45,56-57,67H,5-34,38-39,46-55,58-61H2,1-4H3,(H,75,79)(H,76,82)(H,83,84);/q;+1/p-1. The Morgan fingerprint density at radius 1 is 0.558 bits per heavy atom. The first-order valence-corrected chi connectivity index (χ1v) is 37.4. The zero-order chi connectivity index (χ0) is 67.4. The molecule has 1 aliphatic heterocycles. The number of alkyl carbamates (subject to hydrolysis) is 1. The first kappa shape index (κ1) is 84.8. The Kier molecular flexibility index (Phi) is 49.5. The average molecular weight is 1360 g/mol. The van der Waals surface area contributed by atoms with E-state index in [2.05, 4.69) is 71.8 Å². The summed E-state index contributed by atoms with van der Waals surface area (Å²) in [6.07, 6.45) is 34.5. The van der Waals surface area contributed by atoms with E-state index in [1.807, 2.05) is 38.2 Å². The van der Waals surface area contributed by atoms with Crippen LogP contribution in [0.3, 0.4) is 0 Å². The molecule has 21 heteroatoms. The Morgan fingerprint density at radius 3 is 1.67 bits per heavy atom. The Hall–Kier alpha value is -4.40. The summed E-state index contributed by atoms with van der Waals surface area (Å²) in [6, 6.07) is 22.8. The van der Waals surface area contributed by atoms with Gasteiger partial charge in [0, 0.05) is 45.2 Å². The van der Waals surface area contributed by atoms with Crippen molar-refractivity contribution in [1.29, 1.82) is 0 Å². The third kappa shape index (κ3) is 42.9. The molecule has 0 aliphatic carbocycles. The molecule has 0 spiro atoms. The van der Waals surface area contributed by atoms with Crippen molar-refractivity contribution in [2.45, 2.75) is 232 Å². The number of amides is 2. The number of hydrogen-bond donors (Lipinski definition) is 2. The van der Waals surface area contributed by atoms with Gasteiger partial charge >= 0.3 is 47.6 Å². The number of benzene rings is 3. The zero-order valence-electron chi connectivity index (χ0n) is 58.9. The number of nitrogens with one attached hydrogen (secondary N) is 2. The number of aliphatic imine (C=N–C) groups is 1. The number of hydrogen-bond acceptors (Lipinski definition) is 17. The van der Waals surface area contributed by atoms with Crippen LogP contribution in [0.2, 0.25) is 0 Å². The molecule has 3 aromatic carbocycles. The van der Waals surface area contributed by atoms with E-state index in [1.54, 1.807) is 0 Å². The fraction of sp³-hybridized carbons (Fsp3) is 0.689. The van der Waals surface area contributed by atoms with Crippen molar-refractivity contribution in [3.05, 3.63) is 77.9 Å². The maximum Gasteiger partial charge on any atom is 1.00 e. The Bertz CT molecular complexity index is 2580. The van der Waals surface area contributed by atoms with Crippen molar-refractivity contribution in [3.8, 4) is 16.9 Å². The fourth-order valence-corrected chi connectivity index (χ4v) is 11.6. The number of unbranched alkanes of at least 4 members (excludes halogenated alkanes) is 28. The van der Waals surface area contributed by atoms with Crippen LogP contribution in [-0.2, 0) is 56.4 Å². The molecule has 2 unspecified atom stereocenters. The predicted octanol–water partition coefficient (Wildman–Crippen LogP) is 13.0. The number of nitrogens with zero attached hydrogens (tertiary/aromatic N) is 2. The molecule has 19 nitrogen and oxygen atoms in total. The van der Waals surface area contributed by atoms with Crippen LogP contribution in [0.15, 0.2) is 71.7 Å². The van der Waals surface area contributed by atoms with E-state index in [-0.39, 0.29) is 94.4 Å². The molecule has 1 aliphatic rings. The first-order valence-electron chi connectivity index (χ1n) is 35.9. The van der Waals surface area contributed by atoms with Gasteiger partial charge in [0.2, 0.25) is 5.91 Å². The predicted molar refractivity (Wildman–Crippen MR) is 372 cm³/mol. The number of esters is 2. The molecular weight excluding hydrogens is 1240 g/mol. The molecule has 2 atom stereocenters. The van der Waals surface area contributed by atoms with Crippen molar-refractivity contribution in [2.24, 2.45) is 4.99 Å². The smallest absolute Gasteiger partial charge is 0.756 e. The number of carbonyl (C=O) groups excluding carboxylic acids is 4. The maximum absolute atomic E-state index is 12.9. The molecule has 0 saturated carbocycles. The van der Waals surface area contributed by atoms with Gasteiger partial charge in [-0.1, -0.05) is 236 Å². The summed E-state index contributed by atoms with van der Waals surface area (Å²) in [6.45, 7) is 7.29. The number of ether oxygens (including phenoxy) is 7. The minimum Gasteiger partial charge on any atom is -0.756 e. The Balaban J connectivity index is 0.0000235. The van der Waals surface area contributed by atoms with Crippen LogP contribution in [0.25, 0.3) is 11.1 Å². The largest absolute Gasteiger partial charge is 1.00 e. The normalized spacial score (nSPS) is 12.7. The van der Waals surface area contributed by atoms with Crippen molar-refractivity contribution in [3.63, 3.8) is 0 Å². The third-order valence-corrected chi connectivity index (χ3v) is 17.5. The van der Waals surface area contributed by atoms with Crippen LogP contribution in [0.4, 0.5) is 16.2 Å². The molecule has 0 aromatic heterocycles. The summed E-state index contributed by atoms with van der Waals surface area (Å²) in [4.78, 5) is 69.8.